The number of hydrogen-bond acceptors (Lipinski definition) is 2. The molecule has 1 fully saturated rings. The quantitative estimate of drug-likeness (QED) is 0.859. The van der Waals surface area contributed by atoms with Crippen molar-refractivity contribution in [2.75, 3.05) is 18.4 Å². The molecule has 0 saturated carbocycles. The molecule has 0 radical (unpaired) electrons. The van der Waals surface area contributed by atoms with E-state index in [2.05, 4.69) is 5.32 Å². The van der Waals surface area contributed by atoms with Gasteiger partial charge in [0, 0.05) is 23.8 Å². The Morgan fingerprint density at radius 1 is 1.37 bits per heavy atom. The third-order valence-electron chi connectivity index (χ3n) is 3.14. The molecule has 1 aromatic rings. The van der Waals surface area contributed by atoms with E-state index < -0.39 is 0 Å². The van der Waals surface area contributed by atoms with E-state index in [4.69, 9.17) is 16.3 Å². The summed E-state index contributed by atoms with van der Waals surface area (Å²) < 4.78 is 5.62. The van der Waals surface area contributed by atoms with Gasteiger partial charge in [-0.2, -0.15) is 0 Å². The van der Waals surface area contributed by atoms with Crippen LogP contribution >= 0.6 is 11.6 Å². The standard InChI is InChI=1S/C14H19ClN2O2/c1-9-6-12(15)4-5-13(9)16-14(18)17-7-10(2)19-11(3)8-17/h4-6,10-11H,7-8H2,1-3H3,(H,16,18)/t10-,11+. The predicted octanol–water partition coefficient (Wildman–Crippen LogP) is 3.29. The van der Waals surface area contributed by atoms with Crippen LogP contribution in [0.4, 0.5) is 10.5 Å². The highest BCUT2D eigenvalue weighted by atomic mass is 35.5. The highest BCUT2D eigenvalue weighted by molar-refractivity contribution is 6.30. The molecule has 2 amide bonds. The van der Waals surface area contributed by atoms with Crippen LogP contribution in [0, 0.1) is 6.92 Å². The number of halogens is 1. The van der Waals surface area contributed by atoms with Crippen LogP contribution in [0.15, 0.2) is 18.2 Å². The molecule has 19 heavy (non-hydrogen) atoms. The predicted molar refractivity (Wildman–Crippen MR) is 76.8 cm³/mol. The van der Waals surface area contributed by atoms with Crippen molar-refractivity contribution in [2.45, 2.75) is 33.0 Å². The molecule has 2 rings (SSSR count). The van der Waals surface area contributed by atoms with Crippen molar-refractivity contribution in [1.82, 2.24) is 4.90 Å². The van der Waals surface area contributed by atoms with Crippen LogP contribution < -0.4 is 5.32 Å². The molecule has 0 aromatic heterocycles. The molecule has 1 aliphatic rings. The van der Waals surface area contributed by atoms with Crippen molar-refractivity contribution in [3.8, 4) is 0 Å². The molecule has 0 spiro atoms. The van der Waals surface area contributed by atoms with E-state index in [1.807, 2.05) is 32.9 Å². The smallest absolute Gasteiger partial charge is 0.322 e. The second-order valence-electron chi connectivity index (χ2n) is 5.05. The number of urea groups is 1. The first-order valence-electron chi connectivity index (χ1n) is 6.43. The molecular formula is C14H19ClN2O2. The summed E-state index contributed by atoms with van der Waals surface area (Å²) in [6.45, 7) is 7.10. The van der Waals surface area contributed by atoms with Crippen LogP contribution in [-0.4, -0.2) is 36.2 Å². The number of carbonyl (C=O) groups excluding carboxylic acids is 1. The van der Waals surface area contributed by atoms with Crippen molar-refractivity contribution in [3.05, 3.63) is 28.8 Å². The normalized spacial score (nSPS) is 23.3. The summed E-state index contributed by atoms with van der Waals surface area (Å²) in [7, 11) is 0. The number of anilines is 1. The van der Waals surface area contributed by atoms with Crippen molar-refractivity contribution >= 4 is 23.3 Å². The van der Waals surface area contributed by atoms with Gasteiger partial charge >= 0.3 is 6.03 Å². The lowest BCUT2D eigenvalue weighted by atomic mass is 10.2. The molecular weight excluding hydrogens is 264 g/mol. The largest absolute Gasteiger partial charge is 0.372 e. The van der Waals surface area contributed by atoms with Gasteiger partial charge in [0.05, 0.1) is 12.2 Å². The Bertz CT molecular complexity index is 469. The van der Waals surface area contributed by atoms with Gasteiger partial charge < -0.3 is 15.0 Å². The Balaban J connectivity index is 2.04. The lowest BCUT2D eigenvalue weighted by molar-refractivity contribution is -0.0530. The molecule has 4 nitrogen and oxygen atoms in total. The minimum Gasteiger partial charge on any atom is -0.372 e. The monoisotopic (exact) mass is 282 g/mol. The summed E-state index contributed by atoms with van der Waals surface area (Å²) in [6, 6.07) is 5.34. The maximum Gasteiger partial charge on any atom is 0.322 e. The molecule has 1 N–H and O–H groups in total. The number of benzene rings is 1. The first-order chi connectivity index (χ1) is 8.95. The fraction of sp³-hybridized carbons (Fsp3) is 0.500. The van der Waals surface area contributed by atoms with Gasteiger partial charge in [-0.3, -0.25) is 0 Å². The molecule has 104 valence electrons. The Morgan fingerprint density at radius 2 is 2.00 bits per heavy atom. The van der Waals surface area contributed by atoms with Crippen molar-refractivity contribution in [1.29, 1.82) is 0 Å². The Labute approximate surface area is 118 Å². The summed E-state index contributed by atoms with van der Waals surface area (Å²) in [6.07, 6.45) is 0.140. The van der Waals surface area contributed by atoms with Crippen LogP contribution in [-0.2, 0) is 4.74 Å². The average Bonchev–Trinajstić information content (AvgIpc) is 2.31. The van der Waals surface area contributed by atoms with E-state index in [1.54, 1.807) is 11.0 Å². The lowest BCUT2D eigenvalue weighted by Gasteiger charge is -2.35. The van der Waals surface area contributed by atoms with Gasteiger partial charge in [-0.15, -0.1) is 0 Å². The number of hydrogen-bond donors (Lipinski definition) is 1. The highest BCUT2D eigenvalue weighted by Gasteiger charge is 2.25. The van der Waals surface area contributed by atoms with Gasteiger partial charge in [-0.05, 0) is 44.5 Å². The van der Waals surface area contributed by atoms with E-state index in [1.165, 1.54) is 0 Å². The fourth-order valence-electron chi connectivity index (χ4n) is 2.31. The molecule has 2 atom stereocenters. The number of morpholine rings is 1. The second-order valence-corrected chi connectivity index (χ2v) is 5.49. The Hall–Kier alpha value is -1.26. The molecule has 0 aliphatic carbocycles. The zero-order valence-electron chi connectivity index (χ0n) is 11.4. The molecule has 1 heterocycles. The first kappa shape index (κ1) is 14.2. The summed E-state index contributed by atoms with van der Waals surface area (Å²) in [5.41, 5.74) is 1.75. The zero-order chi connectivity index (χ0) is 14.0. The minimum atomic E-state index is -0.0903. The third-order valence-corrected chi connectivity index (χ3v) is 3.37. The average molecular weight is 283 g/mol. The zero-order valence-corrected chi connectivity index (χ0v) is 12.2. The van der Waals surface area contributed by atoms with Crippen molar-refractivity contribution in [2.24, 2.45) is 0 Å². The molecule has 0 unspecified atom stereocenters. The maximum absolute atomic E-state index is 12.2. The summed E-state index contributed by atoms with van der Waals surface area (Å²) in [5.74, 6) is 0. The van der Waals surface area contributed by atoms with Crippen LogP contribution in [0.5, 0.6) is 0 Å². The Kier molecular flexibility index (Phi) is 4.32. The SMILES string of the molecule is Cc1cc(Cl)ccc1NC(=O)N1C[C@@H](C)O[C@@H](C)C1. The van der Waals surface area contributed by atoms with Crippen LogP contribution in [0.1, 0.15) is 19.4 Å². The van der Waals surface area contributed by atoms with Crippen LogP contribution in [0.3, 0.4) is 0 Å². The van der Waals surface area contributed by atoms with Gasteiger partial charge in [0.15, 0.2) is 0 Å². The number of ether oxygens (including phenoxy) is 1. The van der Waals surface area contributed by atoms with E-state index in [0.717, 1.165) is 11.3 Å². The van der Waals surface area contributed by atoms with Gasteiger partial charge in [-0.25, -0.2) is 4.79 Å². The van der Waals surface area contributed by atoms with E-state index in [9.17, 15) is 4.79 Å². The molecule has 1 aromatic carbocycles. The van der Waals surface area contributed by atoms with Crippen molar-refractivity contribution < 1.29 is 9.53 Å². The molecule has 1 aliphatic heterocycles. The fourth-order valence-corrected chi connectivity index (χ4v) is 2.53. The number of carbonyl (C=O) groups is 1. The first-order valence-corrected chi connectivity index (χ1v) is 6.81. The number of amides is 2. The van der Waals surface area contributed by atoms with Gasteiger partial charge in [0.1, 0.15) is 0 Å². The van der Waals surface area contributed by atoms with Gasteiger partial charge in [-0.1, -0.05) is 11.6 Å². The van der Waals surface area contributed by atoms with E-state index >= 15 is 0 Å². The lowest BCUT2D eigenvalue weighted by Crippen LogP contribution is -2.49. The summed E-state index contributed by atoms with van der Waals surface area (Å²) in [5, 5.41) is 3.59. The molecule has 0 bridgehead atoms. The number of rotatable bonds is 1. The van der Waals surface area contributed by atoms with E-state index in [0.29, 0.717) is 18.1 Å². The van der Waals surface area contributed by atoms with Gasteiger partial charge in [0.2, 0.25) is 0 Å². The summed E-state index contributed by atoms with van der Waals surface area (Å²) in [4.78, 5) is 14.0. The Morgan fingerprint density at radius 3 is 2.58 bits per heavy atom. The molecule has 1 saturated heterocycles. The van der Waals surface area contributed by atoms with Crippen LogP contribution in [0.25, 0.3) is 0 Å². The maximum atomic E-state index is 12.2. The minimum absolute atomic E-state index is 0.0702. The third kappa shape index (κ3) is 3.61. The number of aryl methyl sites for hydroxylation is 1. The van der Waals surface area contributed by atoms with Crippen molar-refractivity contribution in [3.63, 3.8) is 0 Å². The second kappa shape index (κ2) is 5.80. The number of nitrogens with one attached hydrogen (secondary N) is 1. The van der Waals surface area contributed by atoms with Crippen LogP contribution in [0.2, 0.25) is 5.02 Å². The molecule has 5 heteroatoms. The summed E-state index contributed by atoms with van der Waals surface area (Å²) >= 11 is 5.90. The topological polar surface area (TPSA) is 41.6 Å². The van der Waals surface area contributed by atoms with Gasteiger partial charge in [0.25, 0.3) is 0 Å². The number of nitrogens with zero attached hydrogens (tertiary/aromatic N) is 1. The van der Waals surface area contributed by atoms with E-state index in [-0.39, 0.29) is 18.2 Å². The highest BCUT2D eigenvalue weighted by Crippen LogP contribution is 2.20.